The zero-order chi connectivity index (χ0) is 21.8. The van der Waals surface area contributed by atoms with E-state index in [1.807, 2.05) is 18.2 Å². The van der Waals surface area contributed by atoms with Crippen molar-refractivity contribution in [3.05, 3.63) is 101 Å². The number of hydrogen-bond acceptors (Lipinski definition) is 3. The van der Waals surface area contributed by atoms with Crippen molar-refractivity contribution >= 4 is 29.5 Å². The molecule has 1 aliphatic carbocycles. The summed E-state index contributed by atoms with van der Waals surface area (Å²) in [4.78, 5) is 15.5. The van der Waals surface area contributed by atoms with Crippen molar-refractivity contribution in [3.8, 4) is 0 Å². The molecule has 0 bridgehead atoms. The SMILES string of the molecule is CC/C(=C(\C1=CC2(C)N=CNC2C=C1)c1ccc(/C=C/C(=O)O)cc1)c1ccccc1. The molecule has 1 heterocycles. The van der Waals surface area contributed by atoms with Gasteiger partial charge in [0.1, 0.15) is 5.54 Å². The Balaban J connectivity index is 1.86. The molecule has 0 fully saturated rings. The van der Waals surface area contributed by atoms with Gasteiger partial charge in [-0.25, -0.2) is 4.79 Å². The minimum Gasteiger partial charge on any atom is -0.478 e. The number of aliphatic carboxylic acids is 1. The van der Waals surface area contributed by atoms with Crippen LogP contribution in [0.3, 0.4) is 0 Å². The average Bonchev–Trinajstić information content (AvgIpc) is 3.17. The molecular formula is C27H26N2O2. The van der Waals surface area contributed by atoms with Crippen molar-refractivity contribution in [2.24, 2.45) is 4.99 Å². The number of benzene rings is 2. The molecule has 0 aromatic heterocycles. The average molecular weight is 411 g/mol. The van der Waals surface area contributed by atoms with E-state index in [-0.39, 0.29) is 11.6 Å². The van der Waals surface area contributed by atoms with Crippen LogP contribution >= 0.6 is 0 Å². The number of nitrogens with zero attached hydrogens (tertiary/aromatic N) is 1. The standard InChI is InChI=1S/C27H26N2O2/c1-3-23(20-7-5-4-6-8-20)26(21-12-9-19(10-13-21)11-16-25(30)31)22-14-15-24-27(2,17-22)29-18-28-24/h4-18,24H,3H2,1-2H3,(H,28,29)(H,30,31)/b16-11+,26-23+. The lowest BCUT2D eigenvalue weighted by Gasteiger charge is -2.29. The third-order valence-electron chi connectivity index (χ3n) is 5.83. The normalized spacial score (nSPS) is 22.6. The Bertz CT molecular complexity index is 1120. The first-order chi connectivity index (χ1) is 15.0. The van der Waals surface area contributed by atoms with Crippen LogP contribution in [0.15, 0.2) is 89.5 Å². The molecular weight excluding hydrogens is 384 g/mol. The number of carbonyl (C=O) groups is 1. The molecule has 2 N–H and O–H groups in total. The van der Waals surface area contributed by atoms with Crippen molar-refractivity contribution in [2.75, 3.05) is 0 Å². The van der Waals surface area contributed by atoms with E-state index in [0.717, 1.165) is 29.2 Å². The summed E-state index contributed by atoms with van der Waals surface area (Å²) in [5.74, 6) is -0.951. The second kappa shape index (κ2) is 8.60. The third-order valence-corrected chi connectivity index (χ3v) is 5.83. The summed E-state index contributed by atoms with van der Waals surface area (Å²) in [5, 5.41) is 12.2. The van der Waals surface area contributed by atoms with Crippen LogP contribution in [0, 0.1) is 0 Å². The Labute approximate surface area is 183 Å². The van der Waals surface area contributed by atoms with E-state index in [4.69, 9.17) is 5.11 Å². The van der Waals surface area contributed by atoms with Gasteiger partial charge >= 0.3 is 5.97 Å². The van der Waals surface area contributed by atoms with Crippen LogP contribution in [0.4, 0.5) is 0 Å². The summed E-state index contributed by atoms with van der Waals surface area (Å²) in [6, 6.07) is 18.7. The highest BCUT2D eigenvalue weighted by Crippen LogP contribution is 2.39. The molecule has 0 amide bonds. The van der Waals surface area contributed by atoms with E-state index in [9.17, 15) is 4.79 Å². The van der Waals surface area contributed by atoms with Crippen LogP contribution in [-0.2, 0) is 4.79 Å². The quantitative estimate of drug-likeness (QED) is 0.498. The van der Waals surface area contributed by atoms with Crippen molar-refractivity contribution in [1.82, 2.24) is 5.32 Å². The third kappa shape index (κ3) is 4.29. The van der Waals surface area contributed by atoms with Crippen LogP contribution < -0.4 is 5.32 Å². The first-order valence-corrected chi connectivity index (χ1v) is 10.5. The van der Waals surface area contributed by atoms with Gasteiger partial charge in [0, 0.05) is 6.08 Å². The number of fused-ring (bicyclic) bond motifs is 1. The summed E-state index contributed by atoms with van der Waals surface area (Å²) in [5.41, 5.74) is 6.44. The van der Waals surface area contributed by atoms with Gasteiger partial charge < -0.3 is 10.4 Å². The van der Waals surface area contributed by atoms with Gasteiger partial charge in [-0.1, -0.05) is 73.7 Å². The molecule has 2 aromatic rings. The Hall–Kier alpha value is -3.66. The fourth-order valence-electron chi connectivity index (χ4n) is 4.21. The molecule has 0 saturated carbocycles. The maximum absolute atomic E-state index is 10.8. The summed E-state index contributed by atoms with van der Waals surface area (Å²) in [7, 11) is 0. The minimum atomic E-state index is -0.951. The van der Waals surface area contributed by atoms with Crippen molar-refractivity contribution < 1.29 is 9.90 Å². The first-order valence-electron chi connectivity index (χ1n) is 10.5. The number of carboxylic acid groups (broad SMARTS) is 1. The molecule has 0 radical (unpaired) electrons. The van der Waals surface area contributed by atoms with Crippen molar-refractivity contribution in [2.45, 2.75) is 31.8 Å². The highest BCUT2D eigenvalue weighted by Gasteiger charge is 2.36. The van der Waals surface area contributed by atoms with E-state index in [1.54, 1.807) is 12.4 Å². The lowest BCUT2D eigenvalue weighted by Crippen LogP contribution is -2.39. The fraction of sp³-hybridized carbons (Fsp3) is 0.185. The predicted octanol–water partition coefficient (Wildman–Crippen LogP) is 5.36. The first kappa shape index (κ1) is 20.6. The Kier molecular flexibility index (Phi) is 5.72. The second-order valence-electron chi connectivity index (χ2n) is 7.95. The number of aliphatic imine (C=N–C) groups is 1. The van der Waals surface area contributed by atoms with Gasteiger partial charge in [0.25, 0.3) is 0 Å². The van der Waals surface area contributed by atoms with E-state index >= 15 is 0 Å². The molecule has 1 aliphatic heterocycles. The van der Waals surface area contributed by atoms with E-state index in [2.05, 4.69) is 78.8 Å². The lowest BCUT2D eigenvalue weighted by molar-refractivity contribution is -0.131. The number of allylic oxidation sites excluding steroid dienone is 4. The van der Waals surface area contributed by atoms with E-state index in [0.29, 0.717) is 0 Å². The number of rotatable bonds is 6. The Morgan fingerprint density at radius 1 is 1.13 bits per heavy atom. The van der Waals surface area contributed by atoms with Crippen molar-refractivity contribution in [3.63, 3.8) is 0 Å². The Morgan fingerprint density at radius 3 is 2.55 bits per heavy atom. The molecule has 2 aromatic carbocycles. The lowest BCUT2D eigenvalue weighted by atomic mass is 9.80. The van der Waals surface area contributed by atoms with Crippen LogP contribution in [-0.4, -0.2) is 29.0 Å². The van der Waals surface area contributed by atoms with Crippen molar-refractivity contribution in [1.29, 1.82) is 0 Å². The molecule has 0 saturated heterocycles. The zero-order valence-corrected chi connectivity index (χ0v) is 17.7. The smallest absolute Gasteiger partial charge is 0.328 e. The van der Waals surface area contributed by atoms with Crippen LogP contribution in [0.25, 0.3) is 17.2 Å². The van der Waals surface area contributed by atoms with Gasteiger partial charge in [-0.3, -0.25) is 4.99 Å². The largest absolute Gasteiger partial charge is 0.478 e. The van der Waals surface area contributed by atoms with Gasteiger partial charge in [0.05, 0.1) is 12.4 Å². The number of nitrogens with one attached hydrogen (secondary N) is 1. The van der Waals surface area contributed by atoms with Gasteiger partial charge in [0.15, 0.2) is 0 Å². The topological polar surface area (TPSA) is 61.7 Å². The number of hydrogen-bond donors (Lipinski definition) is 2. The monoisotopic (exact) mass is 410 g/mol. The van der Waals surface area contributed by atoms with Gasteiger partial charge in [0.2, 0.25) is 0 Å². The van der Waals surface area contributed by atoms with E-state index in [1.165, 1.54) is 16.7 Å². The highest BCUT2D eigenvalue weighted by molar-refractivity contribution is 6.00. The molecule has 4 heteroatoms. The molecule has 4 rings (SSSR count). The highest BCUT2D eigenvalue weighted by atomic mass is 16.4. The molecule has 2 aliphatic rings. The predicted molar refractivity (Wildman–Crippen MR) is 128 cm³/mol. The number of carboxylic acids is 1. The summed E-state index contributed by atoms with van der Waals surface area (Å²) < 4.78 is 0. The fourth-order valence-corrected chi connectivity index (χ4v) is 4.21. The second-order valence-corrected chi connectivity index (χ2v) is 7.95. The molecule has 0 spiro atoms. The molecule has 2 atom stereocenters. The molecule has 31 heavy (non-hydrogen) atoms. The van der Waals surface area contributed by atoms with E-state index < -0.39 is 5.97 Å². The molecule has 4 nitrogen and oxygen atoms in total. The van der Waals surface area contributed by atoms with Crippen LogP contribution in [0.2, 0.25) is 0 Å². The van der Waals surface area contributed by atoms with Gasteiger partial charge in [-0.05, 0) is 58.9 Å². The maximum Gasteiger partial charge on any atom is 0.328 e. The summed E-state index contributed by atoms with van der Waals surface area (Å²) >= 11 is 0. The Morgan fingerprint density at radius 2 is 1.87 bits per heavy atom. The molecule has 2 unspecified atom stereocenters. The molecule has 156 valence electrons. The van der Waals surface area contributed by atoms with Gasteiger partial charge in [-0.2, -0.15) is 0 Å². The van der Waals surface area contributed by atoms with Crippen LogP contribution in [0.1, 0.15) is 37.0 Å². The minimum absolute atomic E-state index is 0.169. The zero-order valence-electron chi connectivity index (χ0n) is 17.7. The summed E-state index contributed by atoms with van der Waals surface area (Å²) in [6.45, 7) is 4.32. The maximum atomic E-state index is 10.8. The van der Waals surface area contributed by atoms with Crippen LogP contribution in [0.5, 0.6) is 0 Å². The summed E-state index contributed by atoms with van der Waals surface area (Å²) in [6.07, 6.45) is 12.1. The van der Waals surface area contributed by atoms with Gasteiger partial charge in [-0.15, -0.1) is 0 Å².